The number of anilines is 1. The molecule has 0 aliphatic rings. The maximum absolute atomic E-state index is 5.24. The summed E-state index contributed by atoms with van der Waals surface area (Å²) < 4.78 is 10.3. The first-order valence-electron chi connectivity index (χ1n) is 6.60. The van der Waals surface area contributed by atoms with E-state index in [0.29, 0.717) is 6.61 Å². The highest BCUT2D eigenvalue weighted by atomic mass is 32.2. The van der Waals surface area contributed by atoms with Crippen LogP contribution in [-0.4, -0.2) is 58.0 Å². The fourth-order valence-corrected chi connectivity index (χ4v) is 3.10. The van der Waals surface area contributed by atoms with Gasteiger partial charge in [-0.1, -0.05) is 0 Å². The summed E-state index contributed by atoms with van der Waals surface area (Å²) in [5.74, 6) is 1.11. The lowest BCUT2D eigenvalue weighted by molar-refractivity contribution is 0.181. The van der Waals surface area contributed by atoms with E-state index in [1.165, 1.54) is 4.88 Å². The second kappa shape index (κ2) is 10.4. The lowest BCUT2D eigenvalue weighted by Gasteiger charge is -2.14. The van der Waals surface area contributed by atoms with Crippen LogP contribution in [0.4, 0.5) is 5.13 Å². The number of thioether (sulfide) groups is 1. The van der Waals surface area contributed by atoms with Gasteiger partial charge < -0.3 is 19.7 Å². The number of thiazole rings is 1. The van der Waals surface area contributed by atoms with Crippen molar-refractivity contribution in [2.45, 2.75) is 13.2 Å². The molecule has 1 aromatic rings. The molecule has 0 saturated heterocycles. The Morgan fingerprint density at radius 3 is 2.80 bits per heavy atom. The standard InChI is InChI=1S/C13H25N3O2S2/c1-16(6-8-19-4)13-15-11(10-18-3)12(20-13)9-14-5-7-17-2/h14H,5-10H2,1-4H3. The Hall–Kier alpha value is -0.340. The van der Waals surface area contributed by atoms with Crippen molar-refractivity contribution in [2.24, 2.45) is 0 Å². The lowest BCUT2D eigenvalue weighted by atomic mass is 10.3. The van der Waals surface area contributed by atoms with Crippen LogP contribution in [0.25, 0.3) is 0 Å². The Morgan fingerprint density at radius 1 is 1.35 bits per heavy atom. The number of rotatable bonds is 11. The Balaban J connectivity index is 2.63. The molecule has 0 aliphatic heterocycles. The third kappa shape index (κ3) is 5.97. The molecule has 20 heavy (non-hydrogen) atoms. The molecule has 0 radical (unpaired) electrons. The zero-order chi connectivity index (χ0) is 14.8. The summed E-state index contributed by atoms with van der Waals surface area (Å²) in [5.41, 5.74) is 1.04. The van der Waals surface area contributed by atoms with E-state index in [1.807, 2.05) is 11.8 Å². The molecular weight excluding hydrogens is 294 g/mol. The van der Waals surface area contributed by atoms with Crippen molar-refractivity contribution in [2.75, 3.05) is 57.9 Å². The molecule has 1 rings (SSSR count). The lowest BCUT2D eigenvalue weighted by Crippen LogP contribution is -2.19. The highest BCUT2D eigenvalue weighted by molar-refractivity contribution is 7.98. The number of nitrogens with one attached hydrogen (secondary N) is 1. The van der Waals surface area contributed by atoms with Gasteiger partial charge in [0.2, 0.25) is 0 Å². The van der Waals surface area contributed by atoms with Gasteiger partial charge in [0, 0.05) is 51.5 Å². The van der Waals surface area contributed by atoms with Crippen molar-refractivity contribution in [3.05, 3.63) is 10.6 Å². The Kier molecular flexibility index (Phi) is 9.21. The van der Waals surface area contributed by atoms with Crippen molar-refractivity contribution >= 4 is 28.2 Å². The van der Waals surface area contributed by atoms with Crippen LogP contribution in [0.5, 0.6) is 0 Å². The number of hydrogen-bond donors (Lipinski definition) is 1. The molecule has 1 heterocycles. The van der Waals surface area contributed by atoms with Crippen molar-refractivity contribution in [1.29, 1.82) is 0 Å². The van der Waals surface area contributed by atoms with E-state index in [4.69, 9.17) is 14.5 Å². The molecule has 0 amide bonds. The molecule has 5 nitrogen and oxygen atoms in total. The second-order valence-electron chi connectivity index (χ2n) is 4.38. The fourth-order valence-electron chi connectivity index (χ4n) is 1.62. The molecule has 116 valence electrons. The normalized spacial score (nSPS) is 11.0. The van der Waals surface area contributed by atoms with Crippen LogP contribution in [0.2, 0.25) is 0 Å². The van der Waals surface area contributed by atoms with E-state index in [-0.39, 0.29) is 0 Å². The third-order valence-electron chi connectivity index (χ3n) is 2.77. The number of ether oxygens (including phenoxy) is 2. The van der Waals surface area contributed by atoms with E-state index in [9.17, 15) is 0 Å². The van der Waals surface area contributed by atoms with Crippen LogP contribution in [0.1, 0.15) is 10.6 Å². The van der Waals surface area contributed by atoms with Crippen LogP contribution in [-0.2, 0) is 22.6 Å². The summed E-state index contributed by atoms with van der Waals surface area (Å²) in [5, 5.41) is 4.43. The van der Waals surface area contributed by atoms with E-state index in [0.717, 1.165) is 42.8 Å². The highest BCUT2D eigenvalue weighted by Gasteiger charge is 2.13. The summed E-state index contributed by atoms with van der Waals surface area (Å²) in [4.78, 5) is 8.14. The number of aromatic nitrogens is 1. The fraction of sp³-hybridized carbons (Fsp3) is 0.769. The summed E-state index contributed by atoms with van der Waals surface area (Å²) in [7, 11) is 5.51. The first-order chi connectivity index (χ1) is 9.72. The third-order valence-corrected chi connectivity index (χ3v) is 4.58. The molecule has 0 saturated carbocycles. The van der Waals surface area contributed by atoms with Crippen LogP contribution in [0.3, 0.4) is 0 Å². The first kappa shape index (κ1) is 17.7. The van der Waals surface area contributed by atoms with E-state index >= 15 is 0 Å². The van der Waals surface area contributed by atoms with Gasteiger partial charge in [-0.05, 0) is 6.26 Å². The maximum Gasteiger partial charge on any atom is 0.185 e. The SMILES string of the molecule is COCCNCc1sc(N(C)CCSC)nc1COC. The van der Waals surface area contributed by atoms with Gasteiger partial charge in [-0.15, -0.1) is 11.3 Å². The minimum atomic E-state index is 0.564. The van der Waals surface area contributed by atoms with Gasteiger partial charge in [0.25, 0.3) is 0 Å². The van der Waals surface area contributed by atoms with Gasteiger partial charge in [-0.25, -0.2) is 4.98 Å². The molecule has 0 fully saturated rings. The van der Waals surface area contributed by atoms with Crippen molar-refractivity contribution < 1.29 is 9.47 Å². The average molecular weight is 319 g/mol. The molecule has 1 N–H and O–H groups in total. The van der Waals surface area contributed by atoms with Gasteiger partial charge in [-0.2, -0.15) is 11.8 Å². The Morgan fingerprint density at radius 2 is 2.15 bits per heavy atom. The van der Waals surface area contributed by atoms with E-state index < -0.39 is 0 Å². The van der Waals surface area contributed by atoms with Crippen LogP contribution >= 0.6 is 23.1 Å². The highest BCUT2D eigenvalue weighted by Crippen LogP contribution is 2.26. The summed E-state index contributed by atoms with van der Waals surface area (Å²) in [6, 6.07) is 0. The average Bonchev–Trinajstić information content (AvgIpc) is 2.85. The predicted molar refractivity (Wildman–Crippen MR) is 88.1 cm³/mol. The first-order valence-corrected chi connectivity index (χ1v) is 8.81. The van der Waals surface area contributed by atoms with Gasteiger partial charge in [0.1, 0.15) is 0 Å². The molecule has 0 spiro atoms. The summed E-state index contributed by atoms with van der Waals surface area (Å²) in [6.07, 6.45) is 2.12. The summed E-state index contributed by atoms with van der Waals surface area (Å²) in [6.45, 7) is 3.96. The number of methoxy groups -OCH3 is 2. The molecular formula is C13H25N3O2S2. The van der Waals surface area contributed by atoms with Crippen molar-refractivity contribution in [1.82, 2.24) is 10.3 Å². The van der Waals surface area contributed by atoms with E-state index in [2.05, 4.69) is 23.5 Å². The van der Waals surface area contributed by atoms with Crippen molar-refractivity contribution in [3.63, 3.8) is 0 Å². The maximum atomic E-state index is 5.24. The quantitative estimate of drug-likeness (QED) is 0.628. The van der Waals surface area contributed by atoms with Crippen LogP contribution in [0.15, 0.2) is 0 Å². The smallest absolute Gasteiger partial charge is 0.185 e. The monoisotopic (exact) mass is 319 g/mol. The van der Waals surface area contributed by atoms with Gasteiger partial charge in [0.15, 0.2) is 5.13 Å². The molecule has 7 heteroatoms. The molecule has 0 aliphatic carbocycles. The molecule has 0 aromatic carbocycles. The van der Waals surface area contributed by atoms with Crippen LogP contribution in [0, 0.1) is 0 Å². The molecule has 0 atom stereocenters. The van der Waals surface area contributed by atoms with Gasteiger partial charge in [-0.3, -0.25) is 0 Å². The predicted octanol–water partition coefficient (Wildman–Crippen LogP) is 1.82. The summed E-state index contributed by atoms with van der Waals surface area (Å²) >= 11 is 3.59. The number of hydrogen-bond acceptors (Lipinski definition) is 7. The van der Waals surface area contributed by atoms with Crippen LogP contribution < -0.4 is 10.2 Å². The molecule has 0 unspecified atom stereocenters. The minimum Gasteiger partial charge on any atom is -0.383 e. The van der Waals surface area contributed by atoms with E-state index in [1.54, 1.807) is 25.6 Å². The topological polar surface area (TPSA) is 46.6 Å². The zero-order valence-corrected chi connectivity index (χ0v) is 14.4. The molecule has 1 aromatic heterocycles. The molecule has 0 bridgehead atoms. The van der Waals surface area contributed by atoms with Gasteiger partial charge in [0.05, 0.1) is 18.9 Å². The second-order valence-corrected chi connectivity index (χ2v) is 6.43. The minimum absolute atomic E-state index is 0.564. The Labute approximate surface area is 130 Å². The zero-order valence-electron chi connectivity index (χ0n) is 12.8. The Bertz CT molecular complexity index is 374. The van der Waals surface area contributed by atoms with Crippen molar-refractivity contribution in [3.8, 4) is 0 Å². The number of nitrogens with zero attached hydrogens (tertiary/aromatic N) is 2. The van der Waals surface area contributed by atoms with Gasteiger partial charge >= 0.3 is 0 Å². The largest absolute Gasteiger partial charge is 0.383 e.